The van der Waals surface area contributed by atoms with Gasteiger partial charge in [-0.05, 0) is 24.3 Å². The SMILES string of the molecule is CC(C)C(C)NC(=O)CSc1n[nH]c(-c2cccs2)n1. The van der Waals surface area contributed by atoms with Crippen molar-refractivity contribution in [3.63, 3.8) is 0 Å². The number of rotatable bonds is 6. The second kappa shape index (κ2) is 6.90. The van der Waals surface area contributed by atoms with Crippen molar-refractivity contribution >= 4 is 29.0 Å². The van der Waals surface area contributed by atoms with E-state index in [2.05, 4.69) is 34.3 Å². The lowest BCUT2D eigenvalue weighted by atomic mass is 10.1. The molecule has 108 valence electrons. The third-order valence-electron chi connectivity index (χ3n) is 2.94. The fourth-order valence-electron chi connectivity index (χ4n) is 1.43. The molecule has 0 aliphatic rings. The fourth-order valence-corrected chi connectivity index (χ4v) is 2.70. The van der Waals surface area contributed by atoms with Crippen molar-refractivity contribution in [2.45, 2.75) is 32.0 Å². The van der Waals surface area contributed by atoms with Gasteiger partial charge in [-0.3, -0.25) is 9.89 Å². The molecule has 2 rings (SSSR count). The quantitative estimate of drug-likeness (QED) is 0.805. The number of thiophene rings is 1. The summed E-state index contributed by atoms with van der Waals surface area (Å²) in [7, 11) is 0. The highest BCUT2D eigenvalue weighted by Gasteiger charge is 2.13. The largest absolute Gasteiger partial charge is 0.353 e. The topological polar surface area (TPSA) is 70.7 Å². The lowest BCUT2D eigenvalue weighted by molar-refractivity contribution is -0.119. The van der Waals surface area contributed by atoms with E-state index >= 15 is 0 Å². The van der Waals surface area contributed by atoms with Crippen LogP contribution in [-0.2, 0) is 4.79 Å². The minimum atomic E-state index is 0.0127. The summed E-state index contributed by atoms with van der Waals surface area (Å²) >= 11 is 2.94. The summed E-state index contributed by atoms with van der Waals surface area (Å²) in [5, 5.41) is 12.5. The lowest BCUT2D eigenvalue weighted by Crippen LogP contribution is -2.37. The second-order valence-corrected chi connectivity index (χ2v) is 6.72. The number of hydrogen-bond acceptors (Lipinski definition) is 5. The Balaban J connectivity index is 1.84. The average Bonchev–Trinajstić information content (AvgIpc) is 3.07. The number of aromatic amines is 1. The first-order valence-corrected chi connectivity index (χ1v) is 8.31. The number of carbonyl (C=O) groups excluding carboxylic acids is 1. The highest BCUT2D eigenvalue weighted by Crippen LogP contribution is 2.23. The first-order valence-electron chi connectivity index (χ1n) is 6.44. The molecule has 5 nitrogen and oxygen atoms in total. The fraction of sp³-hybridized carbons (Fsp3) is 0.462. The van der Waals surface area contributed by atoms with Crippen LogP contribution < -0.4 is 5.32 Å². The molecule has 20 heavy (non-hydrogen) atoms. The van der Waals surface area contributed by atoms with Crippen LogP contribution in [0, 0.1) is 5.92 Å². The van der Waals surface area contributed by atoms with Gasteiger partial charge >= 0.3 is 0 Å². The molecule has 1 unspecified atom stereocenters. The Hall–Kier alpha value is -1.34. The molecule has 1 amide bonds. The van der Waals surface area contributed by atoms with Crippen LogP contribution in [0.1, 0.15) is 20.8 Å². The molecule has 2 aromatic heterocycles. The number of amides is 1. The third kappa shape index (κ3) is 4.08. The highest BCUT2D eigenvalue weighted by molar-refractivity contribution is 7.99. The zero-order chi connectivity index (χ0) is 14.5. The van der Waals surface area contributed by atoms with E-state index in [0.717, 1.165) is 10.7 Å². The zero-order valence-electron chi connectivity index (χ0n) is 11.7. The Kier molecular flexibility index (Phi) is 5.19. The Labute approximate surface area is 126 Å². The number of nitrogens with one attached hydrogen (secondary N) is 2. The molecular weight excluding hydrogens is 292 g/mol. The van der Waals surface area contributed by atoms with Gasteiger partial charge in [-0.15, -0.1) is 16.4 Å². The van der Waals surface area contributed by atoms with Gasteiger partial charge in [-0.25, -0.2) is 4.98 Å². The molecule has 0 aliphatic carbocycles. The van der Waals surface area contributed by atoms with Gasteiger partial charge in [-0.1, -0.05) is 31.7 Å². The zero-order valence-corrected chi connectivity index (χ0v) is 13.3. The van der Waals surface area contributed by atoms with Crippen molar-refractivity contribution < 1.29 is 4.79 Å². The van der Waals surface area contributed by atoms with E-state index in [4.69, 9.17) is 0 Å². The molecule has 0 spiro atoms. The Morgan fingerprint density at radius 2 is 2.30 bits per heavy atom. The molecule has 0 saturated heterocycles. The van der Waals surface area contributed by atoms with Crippen LogP contribution >= 0.6 is 23.1 Å². The number of nitrogens with zero attached hydrogens (tertiary/aromatic N) is 2. The van der Waals surface area contributed by atoms with Crippen LogP contribution in [0.15, 0.2) is 22.7 Å². The first kappa shape index (κ1) is 15.1. The minimum absolute atomic E-state index is 0.0127. The highest BCUT2D eigenvalue weighted by atomic mass is 32.2. The van der Waals surface area contributed by atoms with E-state index < -0.39 is 0 Å². The lowest BCUT2D eigenvalue weighted by Gasteiger charge is -2.16. The maximum Gasteiger partial charge on any atom is 0.230 e. The molecule has 0 aliphatic heterocycles. The van der Waals surface area contributed by atoms with Gasteiger partial charge in [0, 0.05) is 6.04 Å². The summed E-state index contributed by atoms with van der Waals surface area (Å²) in [6.45, 7) is 6.18. The summed E-state index contributed by atoms with van der Waals surface area (Å²) in [5.74, 6) is 1.52. The molecule has 0 saturated carbocycles. The number of H-pyrrole nitrogens is 1. The van der Waals surface area contributed by atoms with E-state index in [9.17, 15) is 4.79 Å². The molecule has 2 aromatic rings. The maximum absolute atomic E-state index is 11.8. The Morgan fingerprint density at radius 1 is 1.50 bits per heavy atom. The van der Waals surface area contributed by atoms with Gasteiger partial charge in [-0.2, -0.15) is 0 Å². The van der Waals surface area contributed by atoms with E-state index in [1.165, 1.54) is 11.8 Å². The van der Waals surface area contributed by atoms with Crippen LogP contribution in [0.25, 0.3) is 10.7 Å². The van der Waals surface area contributed by atoms with Crippen LogP contribution in [0.3, 0.4) is 0 Å². The van der Waals surface area contributed by atoms with Gasteiger partial charge in [0.05, 0.1) is 10.6 Å². The number of aromatic nitrogens is 3. The average molecular weight is 310 g/mol. The van der Waals surface area contributed by atoms with Crippen molar-refractivity contribution in [1.29, 1.82) is 0 Å². The van der Waals surface area contributed by atoms with Crippen molar-refractivity contribution in [3.05, 3.63) is 17.5 Å². The molecule has 0 fully saturated rings. The molecule has 2 N–H and O–H groups in total. The Morgan fingerprint density at radius 3 is 2.95 bits per heavy atom. The van der Waals surface area contributed by atoms with Crippen molar-refractivity contribution in [1.82, 2.24) is 20.5 Å². The van der Waals surface area contributed by atoms with Crippen LogP contribution in [0.2, 0.25) is 0 Å². The summed E-state index contributed by atoms with van der Waals surface area (Å²) in [6.07, 6.45) is 0. The molecule has 0 bridgehead atoms. The Bertz CT molecular complexity index is 550. The molecule has 2 heterocycles. The molecule has 1 atom stereocenters. The van der Waals surface area contributed by atoms with Crippen molar-refractivity contribution in [2.24, 2.45) is 5.92 Å². The third-order valence-corrected chi connectivity index (χ3v) is 4.66. The number of carbonyl (C=O) groups is 1. The van der Waals surface area contributed by atoms with E-state index in [-0.39, 0.29) is 11.9 Å². The van der Waals surface area contributed by atoms with Gasteiger partial charge < -0.3 is 5.32 Å². The van der Waals surface area contributed by atoms with E-state index in [0.29, 0.717) is 16.8 Å². The van der Waals surface area contributed by atoms with Gasteiger partial charge in [0.1, 0.15) is 0 Å². The van der Waals surface area contributed by atoms with Crippen molar-refractivity contribution in [2.75, 3.05) is 5.75 Å². The van der Waals surface area contributed by atoms with Crippen LogP contribution in [0.5, 0.6) is 0 Å². The normalized spacial score (nSPS) is 12.6. The molecule has 7 heteroatoms. The van der Waals surface area contributed by atoms with Crippen LogP contribution in [-0.4, -0.2) is 32.9 Å². The summed E-state index contributed by atoms with van der Waals surface area (Å²) in [5.41, 5.74) is 0. The van der Waals surface area contributed by atoms with E-state index in [1.54, 1.807) is 11.3 Å². The smallest absolute Gasteiger partial charge is 0.230 e. The standard InChI is InChI=1S/C13H18N4OS2/c1-8(2)9(3)14-11(18)7-20-13-15-12(16-17-13)10-5-4-6-19-10/h4-6,8-9H,7H2,1-3H3,(H,14,18)(H,15,16,17). The van der Waals surface area contributed by atoms with E-state index in [1.807, 2.05) is 24.4 Å². The van der Waals surface area contributed by atoms with Gasteiger partial charge in [0.25, 0.3) is 0 Å². The predicted octanol–water partition coefficient (Wildman–Crippen LogP) is 2.79. The summed E-state index contributed by atoms with van der Waals surface area (Å²) < 4.78 is 0. The van der Waals surface area contributed by atoms with Crippen LogP contribution in [0.4, 0.5) is 0 Å². The molecule has 0 aromatic carbocycles. The molecular formula is C13H18N4OS2. The van der Waals surface area contributed by atoms with Gasteiger partial charge in [0.15, 0.2) is 5.82 Å². The first-order chi connectivity index (χ1) is 9.56. The molecule has 0 radical (unpaired) electrons. The predicted molar refractivity (Wildman–Crippen MR) is 82.9 cm³/mol. The second-order valence-electron chi connectivity index (χ2n) is 4.83. The number of hydrogen-bond donors (Lipinski definition) is 2. The number of thioether (sulfide) groups is 1. The van der Waals surface area contributed by atoms with Gasteiger partial charge in [0.2, 0.25) is 11.1 Å². The minimum Gasteiger partial charge on any atom is -0.353 e. The monoisotopic (exact) mass is 310 g/mol. The summed E-state index contributed by atoms with van der Waals surface area (Å²) in [6, 6.07) is 4.13. The maximum atomic E-state index is 11.8. The van der Waals surface area contributed by atoms with Crippen molar-refractivity contribution in [3.8, 4) is 10.7 Å². The summed E-state index contributed by atoms with van der Waals surface area (Å²) in [4.78, 5) is 17.2.